The normalized spacial score (nSPS) is 10.7. The molecule has 0 fully saturated rings. The fraction of sp³-hybridized carbons (Fsp3) is 0.333. The summed E-state index contributed by atoms with van der Waals surface area (Å²) in [4.78, 5) is 17.0. The number of carboxylic acid groups (broad SMARTS) is 1. The van der Waals surface area contributed by atoms with Crippen LogP contribution in [0.5, 0.6) is 5.75 Å². The number of benzene rings is 1. The van der Waals surface area contributed by atoms with Crippen molar-refractivity contribution in [2.75, 3.05) is 13.1 Å². The summed E-state index contributed by atoms with van der Waals surface area (Å²) in [5.74, 6) is -0.0324. The maximum Gasteiger partial charge on any atom is 0.317 e. The van der Waals surface area contributed by atoms with Crippen molar-refractivity contribution >= 4 is 5.97 Å². The molecule has 23 heavy (non-hydrogen) atoms. The summed E-state index contributed by atoms with van der Waals surface area (Å²) < 4.78 is 5.89. The first-order valence-corrected chi connectivity index (χ1v) is 7.72. The zero-order valence-corrected chi connectivity index (χ0v) is 13.3. The van der Waals surface area contributed by atoms with Crippen LogP contribution in [-0.4, -0.2) is 34.0 Å². The molecular formula is C18H22N2O3. The zero-order chi connectivity index (χ0) is 16.5. The molecular weight excluding hydrogens is 292 g/mol. The molecule has 1 aromatic heterocycles. The predicted molar refractivity (Wildman–Crippen MR) is 88.2 cm³/mol. The molecule has 122 valence electrons. The van der Waals surface area contributed by atoms with Crippen molar-refractivity contribution < 1.29 is 14.6 Å². The Kier molecular flexibility index (Phi) is 6.56. The number of rotatable bonds is 9. The van der Waals surface area contributed by atoms with E-state index in [0.717, 1.165) is 29.8 Å². The number of hydrogen-bond acceptors (Lipinski definition) is 4. The van der Waals surface area contributed by atoms with Crippen LogP contribution < -0.4 is 4.74 Å². The largest absolute Gasteiger partial charge is 0.489 e. The van der Waals surface area contributed by atoms with Crippen LogP contribution in [0.2, 0.25) is 0 Å². The second kappa shape index (κ2) is 8.90. The molecule has 0 bridgehead atoms. The van der Waals surface area contributed by atoms with Gasteiger partial charge < -0.3 is 9.84 Å². The lowest BCUT2D eigenvalue weighted by atomic mass is 10.2. The molecule has 0 radical (unpaired) electrons. The van der Waals surface area contributed by atoms with Crippen molar-refractivity contribution in [3.8, 4) is 5.75 Å². The molecule has 1 aromatic carbocycles. The fourth-order valence-corrected chi connectivity index (χ4v) is 2.38. The third-order valence-corrected chi connectivity index (χ3v) is 3.38. The molecule has 0 aliphatic carbocycles. The van der Waals surface area contributed by atoms with Gasteiger partial charge in [0.2, 0.25) is 0 Å². The van der Waals surface area contributed by atoms with Crippen molar-refractivity contribution in [2.24, 2.45) is 0 Å². The van der Waals surface area contributed by atoms with Crippen molar-refractivity contribution in [3.63, 3.8) is 0 Å². The number of nitrogens with zero attached hydrogens (tertiary/aromatic N) is 2. The number of ether oxygens (including phenoxy) is 1. The summed E-state index contributed by atoms with van der Waals surface area (Å²) in [7, 11) is 0. The minimum atomic E-state index is -0.813. The SMILES string of the molecule is CCCN(CC(=O)O)Cc1ccccc1OCc1cccnc1. The van der Waals surface area contributed by atoms with Gasteiger partial charge in [-0.2, -0.15) is 0 Å². The van der Waals surface area contributed by atoms with Gasteiger partial charge in [-0.25, -0.2) is 0 Å². The fourth-order valence-electron chi connectivity index (χ4n) is 2.38. The standard InChI is InChI=1S/C18H22N2O3/c1-2-10-20(13-18(21)22)12-16-7-3-4-8-17(16)23-14-15-6-5-9-19-11-15/h3-9,11H,2,10,12-14H2,1H3,(H,21,22). The van der Waals surface area contributed by atoms with E-state index in [0.29, 0.717) is 13.2 Å². The summed E-state index contributed by atoms with van der Waals surface area (Å²) in [5.41, 5.74) is 1.99. The first-order valence-electron chi connectivity index (χ1n) is 7.72. The molecule has 2 aromatic rings. The molecule has 5 heteroatoms. The minimum Gasteiger partial charge on any atom is -0.489 e. The van der Waals surface area contributed by atoms with Crippen molar-refractivity contribution in [1.29, 1.82) is 0 Å². The second-order valence-corrected chi connectivity index (χ2v) is 5.36. The zero-order valence-electron chi connectivity index (χ0n) is 13.3. The van der Waals surface area contributed by atoms with Gasteiger partial charge >= 0.3 is 5.97 Å². The van der Waals surface area contributed by atoms with E-state index in [1.807, 2.05) is 48.2 Å². The Morgan fingerprint density at radius 1 is 1.26 bits per heavy atom. The van der Waals surface area contributed by atoms with Gasteiger partial charge in [-0.15, -0.1) is 0 Å². The molecule has 0 saturated carbocycles. The molecule has 0 amide bonds. The van der Waals surface area contributed by atoms with Crippen LogP contribution in [-0.2, 0) is 17.9 Å². The van der Waals surface area contributed by atoms with E-state index in [2.05, 4.69) is 4.98 Å². The Hall–Kier alpha value is -2.40. The molecule has 5 nitrogen and oxygen atoms in total. The van der Waals surface area contributed by atoms with Crippen LogP contribution >= 0.6 is 0 Å². The van der Waals surface area contributed by atoms with Crippen LogP contribution in [0.1, 0.15) is 24.5 Å². The minimum absolute atomic E-state index is 0.0325. The Morgan fingerprint density at radius 2 is 2.09 bits per heavy atom. The summed E-state index contributed by atoms with van der Waals surface area (Å²) in [6.45, 7) is 3.81. The lowest BCUT2D eigenvalue weighted by Crippen LogP contribution is -2.30. The van der Waals surface area contributed by atoms with Crippen LogP contribution in [0.25, 0.3) is 0 Å². The summed E-state index contributed by atoms with van der Waals surface area (Å²) >= 11 is 0. The number of aromatic nitrogens is 1. The highest BCUT2D eigenvalue weighted by Crippen LogP contribution is 2.21. The summed E-state index contributed by atoms with van der Waals surface area (Å²) in [6.07, 6.45) is 4.41. The number of aliphatic carboxylic acids is 1. The first kappa shape index (κ1) is 17.0. The lowest BCUT2D eigenvalue weighted by molar-refractivity contribution is -0.138. The summed E-state index contributed by atoms with van der Waals surface area (Å²) in [6, 6.07) is 11.6. The Balaban J connectivity index is 2.05. The third-order valence-electron chi connectivity index (χ3n) is 3.38. The topological polar surface area (TPSA) is 62.7 Å². The maximum atomic E-state index is 11.0. The van der Waals surface area contributed by atoms with E-state index in [9.17, 15) is 4.79 Å². The van der Waals surface area contributed by atoms with Crippen LogP contribution in [0, 0.1) is 0 Å². The predicted octanol–water partition coefficient (Wildman–Crippen LogP) is 2.96. The van der Waals surface area contributed by atoms with E-state index in [1.54, 1.807) is 12.4 Å². The smallest absolute Gasteiger partial charge is 0.317 e. The van der Waals surface area contributed by atoms with Crippen LogP contribution in [0.3, 0.4) is 0 Å². The van der Waals surface area contributed by atoms with E-state index in [4.69, 9.17) is 9.84 Å². The van der Waals surface area contributed by atoms with E-state index in [1.165, 1.54) is 0 Å². The van der Waals surface area contributed by atoms with Gasteiger partial charge in [0.1, 0.15) is 12.4 Å². The average molecular weight is 314 g/mol. The number of pyridine rings is 1. The van der Waals surface area contributed by atoms with Crippen molar-refractivity contribution in [3.05, 3.63) is 59.9 Å². The summed E-state index contributed by atoms with van der Waals surface area (Å²) in [5, 5.41) is 9.03. The molecule has 1 heterocycles. The average Bonchev–Trinajstić information content (AvgIpc) is 2.55. The molecule has 0 spiro atoms. The highest BCUT2D eigenvalue weighted by Gasteiger charge is 2.12. The van der Waals surface area contributed by atoms with Gasteiger partial charge in [0.05, 0.1) is 6.54 Å². The Bertz CT molecular complexity index is 617. The molecule has 0 unspecified atom stereocenters. The van der Waals surface area contributed by atoms with Crippen molar-refractivity contribution in [1.82, 2.24) is 9.88 Å². The first-order chi connectivity index (χ1) is 11.2. The molecule has 0 aliphatic rings. The molecule has 0 aliphatic heterocycles. The van der Waals surface area contributed by atoms with Crippen LogP contribution in [0.15, 0.2) is 48.8 Å². The molecule has 0 saturated heterocycles. The molecule has 0 atom stereocenters. The van der Waals surface area contributed by atoms with Gasteiger partial charge in [-0.3, -0.25) is 14.7 Å². The van der Waals surface area contributed by atoms with E-state index in [-0.39, 0.29) is 6.54 Å². The Labute approximate surface area is 136 Å². The monoisotopic (exact) mass is 314 g/mol. The van der Waals surface area contributed by atoms with Gasteiger partial charge in [-0.1, -0.05) is 31.2 Å². The number of carboxylic acids is 1. The Morgan fingerprint density at radius 3 is 2.78 bits per heavy atom. The van der Waals surface area contributed by atoms with E-state index >= 15 is 0 Å². The second-order valence-electron chi connectivity index (χ2n) is 5.36. The van der Waals surface area contributed by atoms with E-state index < -0.39 is 5.97 Å². The van der Waals surface area contributed by atoms with Gasteiger partial charge in [0, 0.05) is 30.1 Å². The molecule has 1 N–H and O–H groups in total. The third kappa shape index (κ3) is 5.71. The lowest BCUT2D eigenvalue weighted by Gasteiger charge is -2.21. The number of carbonyl (C=O) groups is 1. The number of para-hydroxylation sites is 1. The van der Waals surface area contributed by atoms with Gasteiger partial charge in [-0.05, 0) is 25.1 Å². The maximum absolute atomic E-state index is 11.0. The number of hydrogen-bond donors (Lipinski definition) is 1. The van der Waals surface area contributed by atoms with Gasteiger partial charge in [0.15, 0.2) is 0 Å². The van der Waals surface area contributed by atoms with Gasteiger partial charge in [0.25, 0.3) is 0 Å². The van der Waals surface area contributed by atoms with Crippen molar-refractivity contribution in [2.45, 2.75) is 26.5 Å². The van der Waals surface area contributed by atoms with Crippen LogP contribution in [0.4, 0.5) is 0 Å². The highest BCUT2D eigenvalue weighted by molar-refractivity contribution is 5.69. The highest BCUT2D eigenvalue weighted by atomic mass is 16.5. The molecule has 2 rings (SSSR count). The quantitative estimate of drug-likeness (QED) is 0.771.